The van der Waals surface area contributed by atoms with Crippen molar-refractivity contribution in [2.45, 2.75) is 24.0 Å². The molecule has 1 fully saturated rings. The lowest BCUT2D eigenvalue weighted by Gasteiger charge is -2.26. The highest BCUT2D eigenvalue weighted by molar-refractivity contribution is 9.10. The predicted octanol–water partition coefficient (Wildman–Crippen LogP) is 2.57. The van der Waals surface area contributed by atoms with Gasteiger partial charge in [0.2, 0.25) is 10.0 Å². The van der Waals surface area contributed by atoms with Gasteiger partial charge in [0.25, 0.3) is 0 Å². The Morgan fingerprint density at radius 2 is 2.14 bits per heavy atom. The number of sulfonamides is 1. The van der Waals surface area contributed by atoms with Crippen LogP contribution < -0.4 is 10.0 Å². The lowest BCUT2D eigenvalue weighted by Crippen LogP contribution is -2.45. The van der Waals surface area contributed by atoms with Crippen molar-refractivity contribution in [3.05, 3.63) is 39.2 Å². The molecule has 8 nitrogen and oxygen atoms in total. The fourth-order valence-electron chi connectivity index (χ4n) is 3.25. The molecule has 29 heavy (non-hydrogen) atoms. The number of halogens is 3. The Bertz CT molecular complexity index is 1060. The average Bonchev–Trinajstić information content (AvgIpc) is 3.30. The zero-order chi connectivity index (χ0) is 20.8. The third-order valence-corrected chi connectivity index (χ3v) is 8.08. The molecular formula is C17H18BrClFN5O3S. The van der Waals surface area contributed by atoms with Gasteiger partial charge in [-0.1, -0.05) is 27.5 Å². The molecule has 3 N–H and O–H groups in total. The standard InChI is InChI=1S/C17H18BrClFN5O3S/c18-10-1-2-12(11(19)9-10)22-14-13(20)16-21-6-7-25(16)23-15(14)24-29(27,28)17(3-4-17)5-8-26/h1-2,9,22,26H,3-8H2,(H,23,24). The first-order chi connectivity index (χ1) is 13.8. The van der Waals surface area contributed by atoms with Crippen molar-refractivity contribution in [3.8, 4) is 0 Å². The van der Waals surface area contributed by atoms with Crippen molar-refractivity contribution >= 4 is 54.9 Å². The fourth-order valence-corrected chi connectivity index (χ4v) is 5.58. The van der Waals surface area contributed by atoms with Gasteiger partial charge in [-0.3, -0.25) is 9.71 Å². The highest BCUT2D eigenvalue weighted by atomic mass is 79.9. The van der Waals surface area contributed by atoms with Crippen LogP contribution in [0.5, 0.6) is 0 Å². The van der Waals surface area contributed by atoms with Gasteiger partial charge in [0.15, 0.2) is 17.5 Å². The summed E-state index contributed by atoms with van der Waals surface area (Å²) in [5.41, 5.74) is 0.227. The largest absolute Gasteiger partial charge is 0.396 e. The Kier molecular flexibility index (Phi) is 5.34. The van der Waals surface area contributed by atoms with Gasteiger partial charge >= 0.3 is 0 Å². The second-order valence-corrected chi connectivity index (χ2v) is 10.4. The second-order valence-electron chi connectivity index (χ2n) is 6.98. The summed E-state index contributed by atoms with van der Waals surface area (Å²) >= 11 is 9.53. The van der Waals surface area contributed by atoms with Crippen molar-refractivity contribution < 1.29 is 17.9 Å². The lowest BCUT2D eigenvalue weighted by atomic mass is 10.2. The molecule has 0 aromatic heterocycles. The van der Waals surface area contributed by atoms with E-state index in [0.717, 1.165) is 4.47 Å². The topological polar surface area (TPSA) is 106 Å². The molecule has 0 bridgehead atoms. The van der Waals surface area contributed by atoms with E-state index in [4.69, 9.17) is 11.6 Å². The summed E-state index contributed by atoms with van der Waals surface area (Å²) in [6, 6.07) is 4.98. The minimum atomic E-state index is -3.89. The van der Waals surface area contributed by atoms with Crippen LogP contribution in [-0.4, -0.2) is 54.6 Å². The summed E-state index contributed by atoms with van der Waals surface area (Å²) in [5, 5.41) is 18.0. The Hall–Kier alpha value is -1.69. The van der Waals surface area contributed by atoms with Crippen molar-refractivity contribution in [2.24, 2.45) is 10.1 Å². The van der Waals surface area contributed by atoms with Crippen LogP contribution in [-0.2, 0) is 10.0 Å². The summed E-state index contributed by atoms with van der Waals surface area (Å²) in [7, 11) is -3.89. The van der Waals surface area contributed by atoms with Crippen molar-refractivity contribution in [2.75, 3.05) is 25.0 Å². The molecule has 0 saturated heterocycles. The number of anilines is 1. The number of nitrogens with zero attached hydrogens (tertiary/aromatic N) is 3. The van der Waals surface area contributed by atoms with Gasteiger partial charge in [-0.15, -0.1) is 5.10 Å². The number of hydrogen-bond donors (Lipinski definition) is 3. The molecule has 2 heterocycles. The van der Waals surface area contributed by atoms with E-state index in [-0.39, 0.29) is 30.4 Å². The molecule has 2 aliphatic heterocycles. The maximum absolute atomic E-state index is 15.2. The number of nitrogens with one attached hydrogen (secondary N) is 2. The zero-order valence-electron chi connectivity index (χ0n) is 15.1. The van der Waals surface area contributed by atoms with Gasteiger partial charge in [0.1, 0.15) is 5.70 Å². The second kappa shape index (κ2) is 7.53. The van der Waals surface area contributed by atoms with E-state index in [9.17, 15) is 13.5 Å². The van der Waals surface area contributed by atoms with E-state index in [1.165, 1.54) is 5.01 Å². The average molecular weight is 507 g/mol. The first-order valence-corrected chi connectivity index (χ1v) is 11.6. The van der Waals surface area contributed by atoms with Crippen LogP contribution in [0.4, 0.5) is 10.1 Å². The van der Waals surface area contributed by atoms with Crippen LogP contribution in [0.2, 0.25) is 5.02 Å². The number of hydrazone groups is 1. The van der Waals surface area contributed by atoms with Gasteiger partial charge < -0.3 is 10.4 Å². The highest BCUT2D eigenvalue weighted by Crippen LogP contribution is 2.46. The number of benzene rings is 1. The maximum atomic E-state index is 15.2. The minimum absolute atomic E-state index is 0.0418. The monoisotopic (exact) mass is 505 g/mol. The minimum Gasteiger partial charge on any atom is -0.396 e. The normalized spacial score (nSPS) is 20.2. The van der Waals surface area contributed by atoms with Crippen LogP contribution in [0.25, 0.3) is 0 Å². The number of hydrogen-bond acceptors (Lipinski definition) is 7. The zero-order valence-corrected chi connectivity index (χ0v) is 18.3. The van der Waals surface area contributed by atoms with E-state index in [1.54, 1.807) is 18.2 Å². The van der Waals surface area contributed by atoms with E-state index in [1.807, 2.05) is 0 Å². The number of aliphatic imine (C=N–C) groups is 1. The molecule has 3 aliphatic rings. The third-order valence-electron chi connectivity index (χ3n) is 5.06. The summed E-state index contributed by atoms with van der Waals surface area (Å²) in [6.07, 6.45) is 0.972. The van der Waals surface area contributed by atoms with Gasteiger partial charge in [-0.05, 0) is 37.5 Å². The van der Waals surface area contributed by atoms with Crippen molar-refractivity contribution in [1.82, 2.24) is 9.73 Å². The molecular weight excluding hydrogens is 489 g/mol. The lowest BCUT2D eigenvalue weighted by molar-refractivity contribution is 0.282. The van der Waals surface area contributed by atoms with E-state index < -0.39 is 20.6 Å². The molecule has 1 aromatic rings. The Morgan fingerprint density at radius 3 is 2.79 bits per heavy atom. The van der Waals surface area contributed by atoms with E-state index in [2.05, 4.69) is 36.1 Å². The van der Waals surface area contributed by atoms with Crippen molar-refractivity contribution in [1.29, 1.82) is 0 Å². The molecule has 0 spiro atoms. The summed E-state index contributed by atoms with van der Waals surface area (Å²) in [6.45, 7) is 0.454. The van der Waals surface area contributed by atoms with Crippen LogP contribution >= 0.6 is 27.5 Å². The Labute approximate surface area is 180 Å². The fraction of sp³-hybridized carbons (Fsp3) is 0.412. The van der Waals surface area contributed by atoms with Gasteiger partial charge in [-0.25, -0.2) is 17.8 Å². The van der Waals surface area contributed by atoms with E-state index >= 15 is 4.39 Å². The quantitative estimate of drug-likeness (QED) is 0.550. The molecule has 12 heteroatoms. The predicted molar refractivity (Wildman–Crippen MR) is 113 cm³/mol. The highest BCUT2D eigenvalue weighted by Gasteiger charge is 2.54. The number of rotatable bonds is 6. The number of aliphatic hydroxyl groups excluding tert-OH is 1. The first kappa shape index (κ1) is 20.6. The molecule has 0 amide bonds. The summed E-state index contributed by atoms with van der Waals surface area (Å²) in [4.78, 5) is 4.10. The molecule has 4 rings (SSSR count). The molecule has 1 saturated carbocycles. The molecule has 0 radical (unpaired) electrons. The molecule has 0 unspecified atom stereocenters. The first-order valence-electron chi connectivity index (χ1n) is 8.93. The number of fused-ring (bicyclic) bond motifs is 1. The third kappa shape index (κ3) is 3.76. The Morgan fingerprint density at radius 1 is 1.38 bits per heavy atom. The van der Waals surface area contributed by atoms with Crippen LogP contribution in [0.1, 0.15) is 19.3 Å². The van der Waals surface area contributed by atoms with Gasteiger partial charge in [0.05, 0.1) is 28.5 Å². The smallest absolute Gasteiger partial charge is 0.239 e. The van der Waals surface area contributed by atoms with Crippen LogP contribution in [0.15, 0.2) is 44.3 Å². The van der Waals surface area contributed by atoms with Gasteiger partial charge in [-0.2, -0.15) is 0 Å². The van der Waals surface area contributed by atoms with E-state index in [0.29, 0.717) is 36.6 Å². The SMILES string of the molecule is O=S(=O)(NC1=NN2CCN=C2C(F)=C1Nc1ccc(Br)cc1Cl)C1(CCO)CC1. The molecule has 0 atom stereocenters. The van der Waals surface area contributed by atoms with Crippen LogP contribution in [0.3, 0.4) is 0 Å². The number of aliphatic hydroxyl groups is 1. The summed E-state index contributed by atoms with van der Waals surface area (Å²) < 4.78 is 43.2. The summed E-state index contributed by atoms with van der Waals surface area (Å²) in [5.74, 6) is -0.854. The maximum Gasteiger partial charge on any atom is 0.239 e. The van der Waals surface area contributed by atoms with Crippen LogP contribution in [0, 0.1) is 0 Å². The van der Waals surface area contributed by atoms with Gasteiger partial charge in [0, 0.05) is 11.1 Å². The Balaban J connectivity index is 1.70. The molecule has 156 valence electrons. The molecule has 1 aliphatic carbocycles. The van der Waals surface area contributed by atoms with Crippen molar-refractivity contribution in [3.63, 3.8) is 0 Å². The number of amidine groups is 2. The molecule has 1 aromatic carbocycles.